The van der Waals surface area contributed by atoms with Gasteiger partial charge in [0.1, 0.15) is 0 Å². The second kappa shape index (κ2) is 15.1. The number of hydrogen-bond acceptors (Lipinski definition) is 7. The molecule has 0 aliphatic heterocycles. The third-order valence-electron chi connectivity index (χ3n) is 9.76. The number of H-pyrrole nitrogens is 1. The largest absolute Gasteiger partial charge is 0.493 e. The van der Waals surface area contributed by atoms with Crippen LogP contribution < -0.4 is 35.6 Å². The summed E-state index contributed by atoms with van der Waals surface area (Å²) in [6.07, 6.45) is 7.16. The summed E-state index contributed by atoms with van der Waals surface area (Å²) < 4.78 is 17.2. The molecular weight excluding hydrogens is 620 g/mol. The number of aryl methyl sites for hydroxylation is 2. The van der Waals surface area contributed by atoms with Crippen molar-refractivity contribution in [1.82, 2.24) is 15.6 Å². The molecule has 0 fully saturated rings. The van der Waals surface area contributed by atoms with Gasteiger partial charge in [0.15, 0.2) is 11.5 Å². The van der Waals surface area contributed by atoms with Crippen LogP contribution in [0.2, 0.25) is 0 Å². The SMILES string of the molecule is COc1cc2c(c(OC)c1OC)-c1ccc(NCCCCCC(=O)NC3CCCc4c3[nH]c3ccccc43)c(=O)cc1C(NC(C)=O)CC2. The summed E-state index contributed by atoms with van der Waals surface area (Å²) in [5.41, 5.74) is 7.22. The van der Waals surface area contributed by atoms with Gasteiger partial charge in [0, 0.05) is 42.0 Å². The maximum absolute atomic E-state index is 13.6. The van der Waals surface area contributed by atoms with Crippen molar-refractivity contribution in [3.05, 3.63) is 81.1 Å². The minimum Gasteiger partial charge on any atom is -0.493 e. The van der Waals surface area contributed by atoms with Gasteiger partial charge in [0.05, 0.1) is 39.1 Å². The van der Waals surface area contributed by atoms with Crippen molar-refractivity contribution in [3.8, 4) is 28.4 Å². The van der Waals surface area contributed by atoms with E-state index in [1.54, 1.807) is 33.5 Å². The third-order valence-corrected chi connectivity index (χ3v) is 9.76. The molecule has 3 aromatic carbocycles. The number of fused-ring (bicyclic) bond motifs is 6. The lowest BCUT2D eigenvalue weighted by molar-refractivity contribution is -0.122. The number of amides is 2. The number of carbonyl (C=O) groups excluding carboxylic acids is 2. The second-order valence-electron chi connectivity index (χ2n) is 12.9. The van der Waals surface area contributed by atoms with Crippen molar-refractivity contribution in [2.24, 2.45) is 0 Å². The van der Waals surface area contributed by atoms with Crippen LogP contribution >= 0.6 is 0 Å². The fourth-order valence-corrected chi connectivity index (χ4v) is 7.49. The molecular formula is C39H46N4O6. The molecule has 0 radical (unpaired) electrons. The van der Waals surface area contributed by atoms with Gasteiger partial charge in [-0.2, -0.15) is 0 Å². The molecule has 1 heterocycles. The number of para-hydroxylation sites is 1. The Morgan fingerprint density at radius 3 is 2.47 bits per heavy atom. The van der Waals surface area contributed by atoms with E-state index in [4.69, 9.17) is 14.2 Å². The van der Waals surface area contributed by atoms with Gasteiger partial charge < -0.3 is 35.1 Å². The summed E-state index contributed by atoms with van der Waals surface area (Å²) in [7, 11) is 4.74. The number of benzene rings is 2. The lowest BCUT2D eigenvalue weighted by Gasteiger charge is -2.24. The van der Waals surface area contributed by atoms with E-state index in [-0.39, 0.29) is 29.3 Å². The normalized spacial score (nSPS) is 16.4. The van der Waals surface area contributed by atoms with E-state index in [0.29, 0.717) is 48.7 Å². The molecule has 4 aromatic rings. The minimum absolute atomic E-state index is 0.0232. The number of unbranched alkanes of at least 4 members (excludes halogenated alkanes) is 2. The average molecular weight is 667 g/mol. The van der Waals surface area contributed by atoms with E-state index in [0.717, 1.165) is 72.0 Å². The van der Waals surface area contributed by atoms with Crippen molar-refractivity contribution in [1.29, 1.82) is 0 Å². The zero-order valence-electron chi connectivity index (χ0n) is 28.8. The van der Waals surface area contributed by atoms with Crippen molar-refractivity contribution < 1.29 is 23.8 Å². The topological polar surface area (TPSA) is 131 Å². The molecule has 2 amide bonds. The Balaban J connectivity index is 1.11. The molecule has 10 nitrogen and oxygen atoms in total. The first-order valence-electron chi connectivity index (χ1n) is 17.2. The van der Waals surface area contributed by atoms with E-state index in [2.05, 4.69) is 39.1 Å². The average Bonchev–Trinajstić information content (AvgIpc) is 3.33. The van der Waals surface area contributed by atoms with E-state index >= 15 is 0 Å². The summed E-state index contributed by atoms with van der Waals surface area (Å²) in [4.78, 5) is 42.2. The van der Waals surface area contributed by atoms with Crippen LogP contribution in [0.1, 0.15) is 86.3 Å². The number of aromatic nitrogens is 1. The molecule has 0 saturated heterocycles. The van der Waals surface area contributed by atoms with E-state index in [9.17, 15) is 14.4 Å². The highest BCUT2D eigenvalue weighted by Crippen LogP contribution is 2.50. The predicted molar refractivity (Wildman–Crippen MR) is 192 cm³/mol. The van der Waals surface area contributed by atoms with Gasteiger partial charge >= 0.3 is 0 Å². The highest BCUT2D eigenvalue weighted by molar-refractivity contribution is 5.86. The van der Waals surface area contributed by atoms with Crippen molar-refractivity contribution >= 4 is 28.4 Å². The van der Waals surface area contributed by atoms with E-state index in [1.165, 1.54) is 17.9 Å². The Hall–Kier alpha value is -4.99. The Kier molecular flexibility index (Phi) is 10.4. The molecule has 10 heteroatoms. The fourth-order valence-electron chi connectivity index (χ4n) is 7.49. The standard InChI is InChI=1S/C39H46N4O6/c1-23(44)41-30-18-16-24-21-34(47-2)38(48-3)39(49-4)36(24)26-17-19-31(33(45)22-28(26)30)40-20-9-5-6-15-35(46)42-32-14-10-12-27-25-11-7-8-13-29(25)43-37(27)32/h7-8,11,13,17,19,21-22,30,32,43H,5-6,9-10,12,14-16,18,20H2,1-4H3,(H,40,45)(H,41,44)(H,42,46). The van der Waals surface area contributed by atoms with Gasteiger partial charge in [-0.1, -0.05) is 30.7 Å². The van der Waals surface area contributed by atoms with Gasteiger partial charge in [0.25, 0.3) is 0 Å². The van der Waals surface area contributed by atoms with Gasteiger partial charge in [0.2, 0.25) is 23.0 Å². The van der Waals surface area contributed by atoms with Crippen LogP contribution in [0.15, 0.2) is 53.3 Å². The Bertz CT molecular complexity index is 1920. The first-order chi connectivity index (χ1) is 23.8. The maximum atomic E-state index is 13.6. The second-order valence-corrected chi connectivity index (χ2v) is 12.9. The summed E-state index contributed by atoms with van der Waals surface area (Å²) in [5.74, 6) is 1.44. The zero-order chi connectivity index (χ0) is 34.5. The number of rotatable bonds is 12. The zero-order valence-corrected chi connectivity index (χ0v) is 28.8. The number of aromatic amines is 1. The number of methoxy groups -OCH3 is 3. The van der Waals surface area contributed by atoms with Crippen LogP contribution in [0.4, 0.5) is 5.69 Å². The van der Waals surface area contributed by atoms with Crippen LogP contribution in [0.3, 0.4) is 0 Å². The molecule has 1 aromatic heterocycles. The van der Waals surface area contributed by atoms with Crippen LogP contribution in [0.5, 0.6) is 17.2 Å². The third kappa shape index (κ3) is 7.09. The summed E-state index contributed by atoms with van der Waals surface area (Å²) in [6, 6.07) is 15.3. The Morgan fingerprint density at radius 2 is 1.69 bits per heavy atom. The predicted octanol–water partition coefficient (Wildman–Crippen LogP) is 6.51. The molecule has 258 valence electrons. The summed E-state index contributed by atoms with van der Waals surface area (Å²) in [5, 5.41) is 10.9. The van der Waals surface area contributed by atoms with Crippen LogP contribution in [-0.4, -0.2) is 44.7 Å². The number of hydrogen-bond donors (Lipinski definition) is 4. The Morgan fingerprint density at radius 1 is 0.878 bits per heavy atom. The molecule has 49 heavy (non-hydrogen) atoms. The van der Waals surface area contributed by atoms with Gasteiger partial charge in [-0.3, -0.25) is 14.4 Å². The molecule has 0 spiro atoms. The number of anilines is 1. The lowest BCUT2D eigenvalue weighted by atomic mass is 9.91. The lowest BCUT2D eigenvalue weighted by Crippen LogP contribution is -2.30. The number of ether oxygens (including phenoxy) is 3. The monoisotopic (exact) mass is 666 g/mol. The highest BCUT2D eigenvalue weighted by Gasteiger charge is 2.30. The smallest absolute Gasteiger partial charge is 0.220 e. The van der Waals surface area contributed by atoms with Crippen molar-refractivity contribution in [3.63, 3.8) is 0 Å². The number of nitrogens with one attached hydrogen (secondary N) is 4. The van der Waals surface area contributed by atoms with E-state index < -0.39 is 0 Å². The van der Waals surface area contributed by atoms with Crippen LogP contribution in [0, 0.1) is 0 Å². The van der Waals surface area contributed by atoms with Gasteiger partial charge in [-0.05, 0) is 91.5 Å². The van der Waals surface area contributed by atoms with Crippen LogP contribution in [0.25, 0.3) is 22.0 Å². The minimum atomic E-state index is -0.364. The highest BCUT2D eigenvalue weighted by atomic mass is 16.5. The molecule has 2 atom stereocenters. The first kappa shape index (κ1) is 33.9. The van der Waals surface area contributed by atoms with Crippen LogP contribution in [-0.2, 0) is 22.4 Å². The van der Waals surface area contributed by atoms with Crippen molar-refractivity contribution in [2.45, 2.75) is 76.8 Å². The summed E-state index contributed by atoms with van der Waals surface area (Å²) >= 11 is 0. The molecule has 0 saturated carbocycles. The van der Waals surface area contributed by atoms with Gasteiger partial charge in [-0.15, -0.1) is 0 Å². The van der Waals surface area contributed by atoms with Crippen molar-refractivity contribution in [2.75, 3.05) is 33.2 Å². The summed E-state index contributed by atoms with van der Waals surface area (Å²) in [6.45, 7) is 2.07. The first-order valence-corrected chi connectivity index (χ1v) is 17.2. The quantitative estimate of drug-likeness (QED) is 0.127. The molecule has 4 N–H and O–H groups in total. The molecule has 0 bridgehead atoms. The molecule has 2 unspecified atom stereocenters. The number of carbonyl (C=O) groups is 2. The Labute approximate surface area is 286 Å². The molecule has 2 aliphatic rings. The van der Waals surface area contributed by atoms with E-state index in [1.807, 2.05) is 18.2 Å². The molecule has 6 rings (SSSR count). The molecule has 2 aliphatic carbocycles. The maximum Gasteiger partial charge on any atom is 0.220 e. The van der Waals surface area contributed by atoms with Gasteiger partial charge in [-0.25, -0.2) is 0 Å². The fraction of sp³-hybridized carbons (Fsp3) is 0.410.